The lowest BCUT2D eigenvalue weighted by Gasteiger charge is -2.19. The fourth-order valence-corrected chi connectivity index (χ4v) is 2.33. The van der Waals surface area contributed by atoms with E-state index >= 15 is 0 Å². The van der Waals surface area contributed by atoms with E-state index in [0.717, 1.165) is 5.56 Å². The molecule has 2 aromatic carbocycles. The quantitative estimate of drug-likeness (QED) is 0.734. The number of benzene rings is 2. The van der Waals surface area contributed by atoms with E-state index in [9.17, 15) is 9.50 Å². The molecule has 3 nitrogen and oxygen atoms in total. The lowest BCUT2D eigenvalue weighted by molar-refractivity contribution is 0.273. The first-order valence-corrected chi connectivity index (χ1v) is 7.05. The number of anilines is 2. The maximum atomic E-state index is 13.5. The van der Waals surface area contributed by atoms with E-state index in [0.29, 0.717) is 22.3 Å². The molecule has 0 aromatic heterocycles. The summed E-state index contributed by atoms with van der Waals surface area (Å²) in [5, 5.41) is 12.5. The molecule has 0 bridgehead atoms. The highest BCUT2D eigenvalue weighted by atomic mass is 79.9. The van der Waals surface area contributed by atoms with Crippen molar-refractivity contribution in [1.29, 1.82) is 0 Å². The van der Waals surface area contributed by atoms with Crippen LogP contribution in [0.15, 0.2) is 46.9 Å². The molecule has 2 aromatic rings. The molecule has 2 rings (SSSR count). The standard InChI is InChI=1S/C15H16BrFN2O/c16-12-7-14(18)15(8-13(12)17)19-11(9-20)6-10-4-2-1-3-5-10/h1-5,7-8,11,19-20H,6,9,18H2. The van der Waals surface area contributed by atoms with Gasteiger partial charge in [0, 0.05) is 6.07 Å². The van der Waals surface area contributed by atoms with E-state index in [-0.39, 0.29) is 12.6 Å². The molecule has 4 N–H and O–H groups in total. The summed E-state index contributed by atoms with van der Waals surface area (Å²) in [7, 11) is 0. The van der Waals surface area contributed by atoms with Crippen molar-refractivity contribution in [2.45, 2.75) is 12.5 Å². The predicted octanol–water partition coefficient (Wildman–Crippen LogP) is 3.19. The summed E-state index contributed by atoms with van der Waals surface area (Å²) in [5.41, 5.74) is 7.86. The molecule has 0 radical (unpaired) electrons. The maximum Gasteiger partial charge on any atom is 0.139 e. The second-order valence-electron chi connectivity index (χ2n) is 4.57. The summed E-state index contributed by atoms with van der Waals surface area (Å²) in [6, 6.07) is 12.4. The largest absolute Gasteiger partial charge is 0.397 e. The van der Waals surface area contributed by atoms with Gasteiger partial charge in [-0.2, -0.15) is 0 Å². The molecule has 106 valence electrons. The van der Waals surface area contributed by atoms with Crippen LogP contribution < -0.4 is 11.1 Å². The number of rotatable bonds is 5. The van der Waals surface area contributed by atoms with Gasteiger partial charge in [0.15, 0.2) is 0 Å². The van der Waals surface area contributed by atoms with Gasteiger partial charge in [-0.15, -0.1) is 0 Å². The Morgan fingerprint density at radius 3 is 2.60 bits per heavy atom. The molecule has 0 amide bonds. The maximum absolute atomic E-state index is 13.5. The van der Waals surface area contributed by atoms with E-state index in [1.165, 1.54) is 12.1 Å². The molecule has 0 aliphatic heterocycles. The highest BCUT2D eigenvalue weighted by Gasteiger charge is 2.12. The van der Waals surface area contributed by atoms with Gasteiger partial charge in [-0.3, -0.25) is 0 Å². The average molecular weight is 339 g/mol. The Labute approximate surface area is 125 Å². The van der Waals surface area contributed by atoms with Crippen LogP contribution in [0.25, 0.3) is 0 Å². The van der Waals surface area contributed by atoms with Gasteiger partial charge in [0.1, 0.15) is 5.82 Å². The Bertz CT molecular complexity index is 578. The molecule has 1 unspecified atom stereocenters. The van der Waals surface area contributed by atoms with Crippen LogP contribution in [0.1, 0.15) is 5.56 Å². The highest BCUT2D eigenvalue weighted by Crippen LogP contribution is 2.27. The Morgan fingerprint density at radius 1 is 1.25 bits per heavy atom. The molecule has 0 aliphatic carbocycles. The van der Waals surface area contributed by atoms with Gasteiger partial charge in [0.05, 0.1) is 28.5 Å². The van der Waals surface area contributed by atoms with Crippen LogP contribution in [0.4, 0.5) is 15.8 Å². The molecule has 0 saturated carbocycles. The minimum absolute atomic E-state index is 0.0635. The predicted molar refractivity (Wildman–Crippen MR) is 83.2 cm³/mol. The van der Waals surface area contributed by atoms with Crippen molar-refractivity contribution in [3.8, 4) is 0 Å². The summed E-state index contributed by atoms with van der Waals surface area (Å²) in [6.45, 7) is -0.0635. The summed E-state index contributed by atoms with van der Waals surface area (Å²) < 4.78 is 13.9. The molecular formula is C15H16BrFN2O. The molecule has 0 spiro atoms. The van der Waals surface area contributed by atoms with Crippen molar-refractivity contribution < 1.29 is 9.50 Å². The Morgan fingerprint density at radius 2 is 1.95 bits per heavy atom. The van der Waals surface area contributed by atoms with Crippen LogP contribution in [0.5, 0.6) is 0 Å². The zero-order valence-electron chi connectivity index (χ0n) is 10.8. The van der Waals surface area contributed by atoms with Crippen LogP contribution in [-0.4, -0.2) is 17.8 Å². The summed E-state index contributed by atoms with van der Waals surface area (Å²) >= 11 is 3.09. The number of halogens is 2. The lowest BCUT2D eigenvalue weighted by atomic mass is 10.1. The number of hydrogen-bond acceptors (Lipinski definition) is 3. The molecule has 0 heterocycles. The average Bonchev–Trinajstić information content (AvgIpc) is 2.45. The highest BCUT2D eigenvalue weighted by molar-refractivity contribution is 9.10. The van der Waals surface area contributed by atoms with Gasteiger partial charge in [-0.25, -0.2) is 4.39 Å². The molecule has 0 aliphatic rings. The van der Waals surface area contributed by atoms with Gasteiger partial charge in [0.2, 0.25) is 0 Å². The van der Waals surface area contributed by atoms with Crippen LogP contribution in [0, 0.1) is 5.82 Å². The Balaban J connectivity index is 2.12. The van der Waals surface area contributed by atoms with E-state index in [1.807, 2.05) is 30.3 Å². The smallest absolute Gasteiger partial charge is 0.139 e. The van der Waals surface area contributed by atoms with Gasteiger partial charge < -0.3 is 16.2 Å². The van der Waals surface area contributed by atoms with Crippen molar-refractivity contribution >= 4 is 27.3 Å². The summed E-state index contributed by atoms with van der Waals surface area (Å²) in [4.78, 5) is 0. The molecule has 0 fully saturated rings. The zero-order valence-corrected chi connectivity index (χ0v) is 12.4. The number of hydrogen-bond donors (Lipinski definition) is 3. The van der Waals surface area contributed by atoms with Crippen LogP contribution >= 0.6 is 15.9 Å². The summed E-state index contributed by atoms with van der Waals surface area (Å²) in [5.74, 6) is -0.391. The van der Waals surface area contributed by atoms with Crippen molar-refractivity contribution in [3.05, 3.63) is 58.3 Å². The lowest BCUT2D eigenvalue weighted by Crippen LogP contribution is -2.26. The van der Waals surface area contributed by atoms with E-state index in [4.69, 9.17) is 5.73 Å². The minimum Gasteiger partial charge on any atom is -0.397 e. The first-order chi connectivity index (χ1) is 9.60. The topological polar surface area (TPSA) is 58.3 Å². The van der Waals surface area contributed by atoms with Crippen molar-refractivity contribution in [2.75, 3.05) is 17.7 Å². The van der Waals surface area contributed by atoms with Crippen LogP contribution in [0.2, 0.25) is 0 Å². The fraction of sp³-hybridized carbons (Fsp3) is 0.200. The van der Waals surface area contributed by atoms with Gasteiger partial charge in [-0.05, 0) is 34.0 Å². The van der Waals surface area contributed by atoms with E-state index in [2.05, 4.69) is 21.2 Å². The third-order valence-corrected chi connectivity index (χ3v) is 3.61. The molecular weight excluding hydrogens is 323 g/mol. The normalized spacial score (nSPS) is 12.2. The van der Waals surface area contributed by atoms with Crippen LogP contribution in [-0.2, 0) is 6.42 Å². The minimum atomic E-state index is -0.391. The fourth-order valence-electron chi connectivity index (χ4n) is 1.97. The zero-order chi connectivity index (χ0) is 14.5. The van der Waals surface area contributed by atoms with Crippen molar-refractivity contribution in [2.24, 2.45) is 0 Å². The molecule has 0 saturated heterocycles. The number of nitrogen functional groups attached to an aromatic ring is 1. The molecule has 1 atom stereocenters. The molecule has 5 heteroatoms. The van der Waals surface area contributed by atoms with E-state index < -0.39 is 5.82 Å². The van der Waals surface area contributed by atoms with Crippen LogP contribution in [0.3, 0.4) is 0 Å². The van der Waals surface area contributed by atoms with Gasteiger partial charge in [0.25, 0.3) is 0 Å². The van der Waals surface area contributed by atoms with Gasteiger partial charge >= 0.3 is 0 Å². The second kappa shape index (κ2) is 6.72. The number of aliphatic hydroxyl groups is 1. The number of aliphatic hydroxyl groups excluding tert-OH is 1. The number of nitrogens with one attached hydrogen (secondary N) is 1. The Kier molecular flexibility index (Phi) is 4.98. The summed E-state index contributed by atoms with van der Waals surface area (Å²) in [6.07, 6.45) is 0.633. The van der Waals surface area contributed by atoms with E-state index in [1.54, 1.807) is 0 Å². The third-order valence-electron chi connectivity index (χ3n) is 3.00. The SMILES string of the molecule is Nc1cc(Br)c(F)cc1NC(CO)Cc1ccccc1. The third kappa shape index (κ3) is 3.71. The molecule has 20 heavy (non-hydrogen) atoms. The monoisotopic (exact) mass is 338 g/mol. The first kappa shape index (κ1) is 14.8. The first-order valence-electron chi connectivity index (χ1n) is 6.26. The van der Waals surface area contributed by atoms with Crippen molar-refractivity contribution in [1.82, 2.24) is 0 Å². The Hall–Kier alpha value is -1.59. The van der Waals surface area contributed by atoms with Crippen molar-refractivity contribution in [3.63, 3.8) is 0 Å². The van der Waals surface area contributed by atoms with Gasteiger partial charge in [-0.1, -0.05) is 30.3 Å². The number of nitrogens with two attached hydrogens (primary N) is 1. The second-order valence-corrected chi connectivity index (χ2v) is 5.42.